The highest BCUT2D eigenvalue weighted by Crippen LogP contribution is 2.38. The average Bonchev–Trinajstić information content (AvgIpc) is 3.14. The molecule has 0 N–H and O–H groups in total. The number of ether oxygens (including phenoxy) is 3. The molecular formula is C28H25BrF3NO5. The van der Waals surface area contributed by atoms with Gasteiger partial charge in [-0.15, -0.1) is 0 Å². The van der Waals surface area contributed by atoms with Crippen molar-refractivity contribution in [2.24, 2.45) is 0 Å². The van der Waals surface area contributed by atoms with Crippen molar-refractivity contribution in [3.8, 4) is 11.5 Å². The van der Waals surface area contributed by atoms with Crippen molar-refractivity contribution in [2.45, 2.75) is 45.1 Å². The van der Waals surface area contributed by atoms with Crippen LogP contribution in [0.2, 0.25) is 0 Å². The Balaban J connectivity index is 1.62. The lowest BCUT2D eigenvalue weighted by molar-refractivity contribution is -0.142. The summed E-state index contributed by atoms with van der Waals surface area (Å²) in [5, 5.41) is 0. The summed E-state index contributed by atoms with van der Waals surface area (Å²) in [7, 11) is 0. The van der Waals surface area contributed by atoms with Gasteiger partial charge in [0.05, 0.1) is 31.2 Å². The number of halogens is 4. The molecule has 1 amide bonds. The Labute approximate surface area is 226 Å². The van der Waals surface area contributed by atoms with Gasteiger partial charge < -0.3 is 14.2 Å². The first kappa shape index (κ1) is 27.5. The van der Waals surface area contributed by atoms with E-state index in [4.69, 9.17) is 14.2 Å². The Hall–Kier alpha value is -3.53. The fourth-order valence-electron chi connectivity index (χ4n) is 4.25. The number of alkyl halides is 3. The molecule has 0 aliphatic carbocycles. The van der Waals surface area contributed by atoms with Crippen LogP contribution in [0.4, 0.5) is 18.0 Å². The number of carbonyl (C=O) groups is 2. The maximum atomic E-state index is 13.6. The molecule has 38 heavy (non-hydrogen) atoms. The molecule has 3 aromatic carbocycles. The Morgan fingerprint density at radius 2 is 1.82 bits per heavy atom. The highest BCUT2D eigenvalue weighted by Gasteiger charge is 2.40. The summed E-state index contributed by atoms with van der Waals surface area (Å²) in [6.07, 6.45) is -5.95. The fraction of sp³-hybridized carbons (Fsp3) is 0.286. The number of carbonyl (C=O) groups excluding carboxylic acids is 2. The molecule has 4 rings (SSSR count). The van der Waals surface area contributed by atoms with E-state index in [0.29, 0.717) is 10.0 Å². The number of hydrogen-bond donors (Lipinski definition) is 0. The van der Waals surface area contributed by atoms with Crippen LogP contribution in [0, 0.1) is 0 Å². The van der Waals surface area contributed by atoms with Crippen molar-refractivity contribution in [3.63, 3.8) is 0 Å². The van der Waals surface area contributed by atoms with Crippen molar-refractivity contribution in [1.82, 2.24) is 4.90 Å². The molecule has 0 spiro atoms. The average molecular weight is 592 g/mol. The first-order chi connectivity index (χ1) is 18.0. The van der Waals surface area contributed by atoms with Crippen molar-refractivity contribution < 1.29 is 37.0 Å². The smallest absolute Gasteiger partial charge is 0.416 e. The first-order valence-corrected chi connectivity index (χ1v) is 12.7. The lowest BCUT2D eigenvalue weighted by atomic mass is 10.0. The highest BCUT2D eigenvalue weighted by atomic mass is 79.9. The van der Waals surface area contributed by atoms with Crippen LogP contribution in [0.25, 0.3) is 0 Å². The van der Waals surface area contributed by atoms with Crippen LogP contribution in [-0.4, -0.2) is 29.6 Å². The highest BCUT2D eigenvalue weighted by molar-refractivity contribution is 9.10. The number of amides is 1. The molecule has 1 saturated heterocycles. The Morgan fingerprint density at radius 1 is 1.08 bits per heavy atom. The molecule has 1 heterocycles. The molecule has 1 aliphatic heterocycles. The van der Waals surface area contributed by atoms with Crippen LogP contribution in [0.15, 0.2) is 71.2 Å². The molecular weight excluding hydrogens is 567 g/mol. The van der Waals surface area contributed by atoms with Crippen molar-refractivity contribution in [2.75, 3.05) is 6.61 Å². The summed E-state index contributed by atoms with van der Waals surface area (Å²) in [5.41, 5.74) is 0.575. The predicted molar refractivity (Wildman–Crippen MR) is 137 cm³/mol. The fourth-order valence-corrected chi connectivity index (χ4v) is 4.66. The molecule has 200 valence electrons. The minimum absolute atomic E-state index is 0.0955. The molecule has 0 bridgehead atoms. The van der Waals surface area contributed by atoms with E-state index in [2.05, 4.69) is 15.9 Å². The summed E-state index contributed by atoms with van der Waals surface area (Å²) >= 11 is 3.41. The van der Waals surface area contributed by atoms with Crippen LogP contribution >= 0.6 is 15.9 Å². The van der Waals surface area contributed by atoms with Gasteiger partial charge in [-0.2, -0.15) is 13.2 Å². The number of cyclic esters (lactones) is 1. The third-order valence-corrected chi connectivity index (χ3v) is 6.55. The summed E-state index contributed by atoms with van der Waals surface area (Å²) in [6, 6.07) is 17.2. The van der Waals surface area contributed by atoms with E-state index in [1.807, 2.05) is 37.3 Å². The second-order valence-corrected chi connectivity index (χ2v) is 9.70. The van der Waals surface area contributed by atoms with Gasteiger partial charge in [0.25, 0.3) is 0 Å². The first-order valence-electron chi connectivity index (χ1n) is 11.9. The van der Waals surface area contributed by atoms with Gasteiger partial charge in [0.15, 0.2) is 0 Å². The van der Waals surface area contributed by atoms with Crippen LogP contribution in [-0.2, 0) is 33.4 Å². The number of rotatable bonds is 8. The summed E-state index contributed by atoms with van der Waals surface area (Å²) in [4.78, 5) is 26.2. The molecule has 0 saturated carbocycles. The van der Waals surface area contributed by atoms with E-state index in [1.165, 1.54) is 6.07 Å². The minimum Gasteiger partial charge on any atom is -0.466 e. The maximum Gasteiger partial charge on any atom is 0.416 e. The van der Waals surface area contributed by atoms with E-state index in [9.17, 15) is 22.8 Å². The Morgan fingerprint density at radius 3 is 2.50 bits per heavy atom. The SMILES string of the molecule is CCOC(=O)Cc1cc(Oc2ccc(Br)cc2CN2C(=O)O[C@H](c3ccccc3)[C@@H]2C)cc(C(F)(F)F)c1. The minimum atomic E-state index is -4.65. The summed E-state index contributed by atoms with van der Waals surface area (Å²) < 4.78 is 57.9. The van der Waals surface area contributed by atoms with Gasteiger partial charge in [-0.25, -0.2) is 4.79 Å². The third-order valence-electron chi connectivity index (χ3n) is 6.06. The second-order valence-electron chi connectivity index (χ2n) is 8.78. The summed E-state index contributed by atoms with van der Waals surface area (Å²) in [6.45, 7) is 3.71. The van der Waals surface area contributed by atoms with E-state index in [1.54, 1.807) is 30.0 Å². The van der Waals surface area contributed by atoms with Crippen LogP contribution in [0.1, 0.15) is 42.2 Å². The molecule has 1 aliphatic rings. The monoisotopic (exact) mass is 591 g/mol. The topological polar surface area (TPSA) is 65.1 Å². The zero-order chi connectivity index (χ0) is 27.4. The van der Waals surface area contributed by atoms with E-state index in [-0.39, 0.29) is 42.7 Å². The Bertz CT molecular complexity index is 1320. The number of benzene rings is 3. The number of hydrogen-bond acceptors (Lipinski definition) is 5. The standard InChI is InChI=1S/C28H25BrF3NO5/c1-3-36-25(34)13-18-11-21(28(30,31)32)15-23(12-18)37-24-10-9-22(29)14-20(24)16-33-17(2)26(38-27(33)35)19-7-5-4-6-8-19/h4-12,14-15,17,26H,3,13,16H2,1-2H3/t17-,26-/m0/s1. The van der Waals surface area contributed by atoms with E-state index >= 15 is 0 Å². The molecule has 2 atom stereocenters. The van der Waals surface area contributed by atoms with Crippen molar-refractivity contribution in [1.29, 1.82) is 0 Å². The van der Waals surface area contributed by atoms with Gasteiger partial charge in [-0.05, 0) is 61.4 Å². The van der Waals surface area contributed by atoms with Crippen LogP contribution in [0.3, 0.4) is 0 Å². The predicted octanol–water partition coefficient (Wildman–Crippen LogP) is 7.45. The Kier molecular flexibility index (Phi) is 8.30. The second kappa shape index (κ2) is 11.5. The van der Waals surface area contributed by atoms with E-state index in [0.717, 1.165) is 17.7 Å². The zero-order valence-electron chi connectivity index (χ0n) is 20.6. The molecule has 0 aromatic heterocycles. The van der Waals surface area contributed by atoms with Crippen LogP contribution < -0.4 is 4.74 Å². The molecule has 0 radical (unpaired) electrons. The van der Waals surface area contributed by atoms with Gasteiger partial charge in [0.2, 0.25) is 0 Å². The molecule has 3 aromatic rings. The lowest BCUT2D eigenvalue weighted by Gasteiger charge is -2.22. The largest absolute Gasteiger partial charge is 0.466 e. The van der Waals surface area contributed by atoms with E-state index < -0.39 is 29.9 Å². The molecule has 10 heteroatoms. The van der Waals surface area contributed by atoms with Crippen molar-refractivity contribution >= 4 is 28.0 Å². The summed E-state index contributed by atoms with van der Waals surface area (Å²) in [5.74, 6) is -0.476. The number of esters is 1. The van der Waals surface area contributed by atoms with Crippen LogP contribution in [0.5, 0.6) is 11.5 Å². The molecule has 6 nitrogen and oxygen atoms in total. The molecule has 0 unspecified atom stereocenters. The van der Waals surface area contributed by atoms with Gasteiger partial charge in [-0.3, -0.25) is 9.69 Å². The van der Waals surface area contributed by atoms with Gasteiger partial charge >= 0.3 is 18.2 Å². The van der Waals surface area contributed by atoms with Gasteiger partial charge in [-0.1, -0.05) is 46.3 Å². The van der Waals surface area contributed by atoms with Gasteiger partial charge in [0, 0.05) is 10.0 Å². The molecule has 1 fully saturated rings. The lowest BCUT2D eigenvalue weighted by Crippen LogP contribution is -2.31. The maximum absolute atomic E-state index is 13.6. The number of nitrogens with zero attached hydrogens (tertiary/aromatic N) is 1. The zero-order valence-corrected chi connectivity index (χ0v) is 22.2. The third kappa shape index (κ3) is 6.48. The normalized spacial score (nSPS) is 17.3. The van der Waals surface area contributed by atoms with Gasteiger partial charge in [0.1, 0.15) is 17.6 Å². The quantitative estimate of drug-likeness (QED) is 0.255. The van der Waals surface area contributed by atoms with Crippen molar-refractivity contribution in [3.05, 3.63) is 93.5 Å².